The molecule has 0 aliphatic rings. The summed E-state index contributed by atoms with van der Waals surface area (Å²) in [5, 5.41) is 4.03. The van der Waals surface area contributed by atoms with Gasteiger partial charge in [0.15, 0.2) is 5.82 Å². The van der Waals surface area contributed by atoms with Crippen LogP contribution in [-0.4, -0.2) is 10.1 Å². The van der Waals surface area contributed by atoms with Crippen LogP contribution in [0, 0.1) is 19.8 Å². The zero-order valence-electron chi connectivity index (χ0n) is 12.7. The van der Waals surface area contributed by atoms with Crippen LogP contribution in [0.2, 0.25) is 0 Å². The highest BCUT2D eigenvalue weighted by molar-refractivity contribution is 5.30. The lowest BCUT2D eigenvalue weighted by Crippen LogP contribution is -2.13. The summed E-state index contributed by atoms with van der Waals surface area (Å²) < 4.78 is 5.27. The van der Waals surface area contributed by atoms with Crippen LogP contribution < -0.4 is 5.73 Å². The molecule has 0 spiro atoms. The van der Waals surface area contributed by atoms with E-state index in [0.717, 1.165) is 6.42 Å². The topological polar surface area (TPSA) is 64.9 Å². The first-order valence-electron chi connectivity index (χ1n) is 7.09. The van der Waals surface area contributed by atoms with Crippen molar-refractivity contribution < 1.29 is 4.52 Å². The monoisotopic (exact) mass is 273 g/mol. The Bertz CT molecular complexity index is 555. The molecule has 1 heterocycles. The zero-order chi connectivity index (χ0) is 14.7. The van der Waals surface area contributed by atoms with Crippen molar-refractivity contribution >= 4 is 0 Å². The van der Waals surface area contributed by atoms with Gasteiger partial charge >= 0.3 is 0 Å². The van der Waals surface area contributed by atoms with E-state index in [1.165, 1.54) is 16.7 Å². The zero-order valence-corrected chi connectivity index (χ0v) is 12.7. The summed E-state index contributed by atoms with van der Waals surface area (Å²) in [5.74, 6) is 1.75. The van der Waals surface area contributed by atoms with Crippen LogP contribution in [0.15, 0.2) is 22.7 Å². The van der Waals surface area contributed by atoms with E-state index in [1.54, 1.807) is 0 Å². The van der Waals surface area contributed by atoms with Crippen LogP contribution in [0.25, 0.3) is 0 Å². The minimum absolute atomic E-state index is 0.171. The Morgan fingerprint density at radius 3 is 2.40 bits per heavy atom. The van der Waals surface area contributed by atoms with Crippen LogP contribution in [0.5, 0.6) is 0 Å². The number of nitrogens with zero attached hydrogens (tertiary/aromatic N) is 2. The minimum atomic E-state index is -0.171. The van der Waals surface area contributed by atoms with Crippen molar-refractivity contribution in [3.8, 4) is 0 Å². The Morgan fingerprint density at radius 1 is 1.15 bits per heavy atom. The summed E-state index contributed by atoms with van der Waals surface area (Å²) >= 11 is 0. The largest absolute Gasteiger partial charge is 0.338 e. The maximum atomic E-state index is 6.05. The van der Waals surface area contributed by atoms with Crippen molar-refractivity contribution in [2.75, 3.05) is 0 Å². The van der Waals surface area contributed by atoms with E-state index in [2.05, 4.69) is 56.0 Å². The summed E-state index contributed by atoms with van der Waals surface area (Å²) in [5.41, 5.74) is 9.76. The van der Waals surface area contributed by atoms with Gasteiger partial charge in [-0.2, -0.15) is 4.98 Å². The molecule has 2 N–H and O–H groups in total. The number of hydrogen-bond donors (Lipinski definition) is 1. The van der Waals surface area contributed by atoms with Gasteiger partial charge in [-0.3, -0.25) is 0 Å². The van der Waals surface area contributed by atoms with Gasteiger partial charge in [0.1, 0.15) is 0 Å². The molecule has 4 heteroatoms. The molecule has 0 saturated heterocycles. The van der Waals surface area contributed by atoms with Gasteiger partial charge in [0, 0.05) is 6.42 Å². The van der Waals surface area contributed by atoms with E-state index in [1.807, 2.05) is 0 Å². The Morgan fingerprint density at radius 2 is 1.80 bits per heavy atom. The van der Waals surface area contributed by atoms with Crippen molar-refractivity contribution in [3.63, 3.8) is 0 Å². The summed E-state index contributed by atoms with van der Waals surface area (Å²) in [6, 6.07) is 6.29. The molecule has 0 aliphatic carbocycles. The first-order valence-corrected chi connectivity index (χ1v) is 7.09. The van der Waals surface area contributed by atoms with Gasteiger partial charge in [-0.15, -0.1) is 0 Å². The lowest BCUT2D eigenvalue weighted by atomic mass is 10.0. The van der Waals surface area contributed by atoms with Crippen molar-refractivity contribution in [1.82, 2.24) is 10.1 Å². The summed E-state index contributed by atoms with van der Waals surface area (Å²) in [4.78, 5) is 4.42. The lowest BCUT2D eigenvalue weighted by Gasteiger charge is -2.08. The average molecular weight is 273 g/mol. The number of hydrogen-bond acceptors (Lipinski definition) is 4. The highest BCUT2D eigenvalue weighted by atomic mass is 16.5. The van der Waals surface area contributed by atoms with Crippen LogP contribution in [0.1, 0.15) is 54.7 Å². The molecule has 0 saturated carbocycles. The highest BCUT2D eigenvalue weighted by Crippen LogP contribution is 2.18. The molecule has 1 atom stereocenters. The van der Waals surface area contributed by atoms with E-state index in [-0.39, 0.29) is 6.04 Å². The summed E-state index contributed by atoms with van der Waals surface area (Å²) in [6.07, 6.45) is 1.53. The standard InChI is InChI=1S/C16H23N3O/c1-10(2)5-14(17)16-18-15(19-20-16)9-13-7-11(3)6-12(4)8-13/h6-8,10,14H,5,9,17H2,1-4H3/t14-/m0/s1. The SMILES string of the molecule is Cc1cc(C)cc(Cc2noc([C@@H](N)CC(C)C)n2)c1. The second-order valence-electron chi connectivity index (χ2n) is 5.96. The third-order valence-corrected chi connectivity index (χ3v) is 3.17. The molecule has 1 aromatic heterocycles. The molecule has 0 aliphatic heterocycles. The van der Waals surface area contributed by atoms with Crippen molar-refractivity contribution in [1.29, 1.82) is 0 Å². The molecular formula is C16H23N3O. The Kier molecular flexibility index (Phi) is 4.55. The molecule has 20 heavy (non-hydrogen) atoms. The smallest absolute Gasteiger partial charge is 0.243 e. The average Bonchev–Trinajstić information content (AvgIpc) is 2.75. The second kappa shape index (κ2) is 6.18. The predicted molar refractivity (Wildman–Crippen MR) is 79.4 cm³/mol. The molecule has 0 radical (unpaired) electrons. The minimum Gasteiger partial charge on any atom is -0.338 e. The van der Waals surface area contributed by atoms with Crippen LogP contribution in [0.4, 0.5) is 0 Å². The molecule has 0 fully saturated rings. The van der Waals surface area contributed by atoms with Gasteiger partial charge in [0.05, 0.1) is 6.04 Å². The maximum Gasteiger partial charge on any atom is 0.243 e. The number of rotatable bonds is 5. The quantitative estimate of drug-likeness (QED) is 0.907. The normalized spacial score (nSPS) is 12.9. The van der Waals surface area contributed by atoms with E-state index in [9.17, 15) is 0 Å². The van der Waals surface area contributed by atoms with Crippen molar-refractivity contribution in [2.24, 2.45) is 11.7 Å². The van der Waals surface area contributed by atoms with Gasteiger partial charge in [-0.05, 0) is 31.7 Å². The van der Waals surface area contributed by atoms with Gasteiger partial charge in [0.2, 0.25) is 5.89 Å². The molecule has 1 aromatic carbocycles. The van der Waals surface area contributed by atoms with Crippen LogP contribution in [0.3, 0.4) is 0 Å². The fourth-order valence-electron chi connectivity index (χ4n) is 2.45. The predicted octanol–water partition coefficient (Wildman–Crippen LogP) is 3.32. The molecule has 0 amide bonds. The number of benzene rings is 1. The van der Waals surface area contributed by atoms with Gasteiger partial charge < -0.3 is 10.3 Å². The third-order valence-electron chi connectivity index (χ3n) is 3.17. The van der Waals surface area contributed by atoms with Crippen molar-refractivity contribution in [2.45, 2.75) is 46.6 Å². The summed E-state index contributed by atoms with van der Waals surface area (Å²) in [7, 11) is 0. The first-order chi connectivity index (χ1) is 9.44. The Labute approximate surface area is 120 Å². The number of nitrogens with two attached hydrogens (primary N) is 1. The number of aryl methyl sites for hydroxylation is 2. The van der Waals surface area contributed by atoms with Gasteiger partial charge in [0.25, 0.3) is 0 Å². The van der Waals surface area contributed by atoms with E-state index in [4.69, 9.17) is 10.3 Å². The summed E-state index contributed by atoms with van der Waals surface area (Å²) in [6.45, 7) is 8.45. The first kappa shape index (κ1) is 14.7. The molecule has 0 bridgehead atoms. The fraction of sp³-hybridized carbons (Fsp3) is 0.500. The number of aromatic nitrogens is 2. The Hall–Kier alpha value is -1.68. The second-order valence-corrected chi connectivity index (χ2v) is 5.96. The third kappa shape index (κ3) is 3.90. The lowest BCUT2D eigenvalue weighted by molar-refractivity contribution is 0.333. The van der Waals surface area contributed by atoms with Gasteiger partial charge in [-0.25, -0.2) is 0 Å². The van der Waals surface area contributed by atoms with E-state index < -0.39 is 0 Å². The molecule has 2 aromatic rings. The molecule has 0 unspecified atom stereocenters. The van der Waals surface area contributed by atoms with E-state index in [0.29, 0.717) is 24.1 Å². The fourth-order valence-corrected chi connectivity index (χ4v) is 2.45. The van der Waals surface area contributed by atoms with Gasteiger partial charge in [-0.1, -0.05) is 48.3 Å². The Balaban J connectivity index is 2.09. The van der Waals surface area contributed by atoms with E-state index >= 15 is 0 Å². The molecular weight excluding hydrogens is 250 g/mol. The van der Waals surface area contributed by atoms with Crippen molar-refractivity contribution in [3.05, 3.63) is 46.6 Å². The molecule has 4 nitrogen and oxygen atoms in total. The highest BCUT2D eigenvalue weighted by Gasteiger charge is 2.16. The maximum absolute atomic E-state index is 6.05. The van der Waals surface area contributed by atoms with Crippen LogP contribution in [-0.2, 0) is 6.42 Å². The molecule has 2 rings (SSSR count). The molecule has 108 valence electrons. The van der Waals surface area contributed by atoms with Crippen LogP contribution >= 0.6 is 0 Å².